The van der Waals surface area contributed by atoms with Crippen molar-refractivity contribution in [2.45, 2.75) is 26.9 Å². The van der Waals surface area contributed by atoms with E-state index < -0.39 is 0 Å². The van der Waals surface area contributed by atoms with E-state index in [1.54, 1.807) is 18.5 Å². The van der Waals surface area contributed by atoms with Crippen molar-refractivity contribution in [3.63, 3.8) is 0 Å². The average molecular weight is 243 g/mol. The first-order valence-corrected chi connectivity index (χ1v) is 5.99. The fourth-order valence-electron chi connectivity index (χ4n) is 1.33. The van der Waals surface area contributed by atoms with E-state index in [9.17, 15) is 0 Å². The minimum absolute atomic E-state index is 0.139. The second-order valence-electron chi connectivity index (χ2n) is 4.05. The summed E-state index contributed by atoms with van der Waals surface area (Å²) in [6.07, 6.45) is 3.43. The maximum atomic E-state index is 5.85. The van der Waals surface area contributed by atoms with Crippen LogP contribution in [0, 0.1) is 5.92 Å². The van der Waals surface area contributed by atoms with Crippen molar-refractivity contribution in [1.29, 1.82) is 0 Å². The lowest BCUT2D eigenvalue weighted by Crippen LogP contribution is -2.35. The summed E-state index contributed by atoms with van der Waals surface area (Å²) in [7, 11) is 0. The Morgan fingerprint density at radius 3 is 2.75 bits per heavy atom. The fraction of sp³-hybridized carbons (Fsp3) is 0.583. The monoisotopic (exact) mass is 242 g/mol. The molecule has 90 valence electrons. The van der Waals surface area contributed by atoms with Crippen molar-refractivity contribution in [2.75, 3.05) is 13.1 Å². The van der Waals surface area contributed by atoms with E-state index in [4.69, 9.17) is 16.3 Å². The summed E-state index contributed by atoms with van der Waals surface area (Å²) in [5.41, 5.74) is 0. The molecule has 0 fully saturated rings. The molecule has 0 saturated carbocycles. The van der Waals surface area contributed by atoms with Gasteiger partial charge in [0.15, 0.2) is 0 Å². The zero-order valence-electron chi connectivity index (χ0n) is 10.0. The molecule has 1 N–H and O–H groups in total. The molecule has 1 aromatic rings. The number of hydrogen-bond acceptors (Lipinski definition) is 3. The highest BCUT2D eigenvalue weighted by atomic mass is 35.5. The van der Waals surface area contributed by atoms with Gasteiger partial charge >= 0.3 is 0 Å². The highest BCUT2D eigenvalue weighted by molar-refractivity contribution is 6.30. The number of likely N-dealkylation sites (N-methyl/N-ethyl adjacent to an activating group) is 1. The molecule has 1 rings (SSSR count). The van der Waals surface area contributed by atoms with Crippen LogP contribution in [0.4, 0.5) is 0 Å². The van der Waals surface area contributed by atoms with Gasteiger partial charge in [-0.25, -0.2) is 0 Å². The van der Waals surface area contributed by atoms with Crippen LogP contribution in [0.3, 0.4) is 0 Å². The van der Waals surface area contributed by atoms with Gasteiger partial charge in [-0.15, -0.1) is 0 Å². The summed E-state index contributed by atoms with van der Waals surface area (Å²) in [6.45, 7) is 8.14. The molecule has 0 bridgehead atoms. The van der Waals surface area contributed by atoms with Crippen molar-refractivity contribution in [3.05, 3.63) is 23.5 Å². The quantitative estimate of drug-likeness (QED) is 0.833. The zero-order valence-corrected chi connectivity index (χ0v) is 10.8. The van der Waals surface area contributed by atoms with E-state index in [0.29, 0.717) is 10.9 Å². The van der Waals surface area contributed by atoms with E-state index in [1.807, 2.05) is 0 Å². The molecule has 1 unspecified atom stereocenters. The third kappa shape index (κ3) is 4.37. The van der Waals surface area contributed by atoms with Crippen molar-refractivity contribution >= 4 is 11.6 Å². The molecule has 0 saturated heterocycles. The van der Waals surface area contributed by atoms with Crippen molar-refractivity contribution < 1.29 is 4.74 Å². The lowest BCUT2D eigenvalue weighted by Gasteiger charge is -2.22. The molecule has 1 aromatic heterocycles. The van der Waals surface area contributed by atoms with Gasteiger partial charge in [-0.05, 0) is 12.5 Å². The number of nitrogens with zero attached hydrogens (tertiary/aromatic N) is 1. The summed E-state index contributed by atoms with van der Waals surface area (Å²) in [6, 6.07) is 1.79. The third-order valence-electron chi connectivity index (χ3n) is 2.31. The van der Waals surface area contributed by atoms with Gasteiger partial charge < -0.3 is 10.1 Å². The first-order valence-electron chi connectivity index (χ1n) is 5.61. The Kier molecular flexibility index (Phi) is 5.56. The Bertz CT molecular complexity index is 318. The van der Waals surface area contributed by atoms with Crippen LogP contribution >= 0.6 is 11.6 Å². The highest BCUT2D eigenvalue weighted by Gasteiger charge is 2.14. The molecule has 0 radical (unpaired) electrons. The van der Waals surface area contributed by atoms with Gasteiger partial charge in [-0.1, -0.05) is 32.4 Å². The molecule has 4 heteroatoms. The minimum Gasteiger partial charge on any atom is -0.487 e. The van der Waals surface area contributed by atoms with Crippen molar-refractivity contribution in [1.82, 2.24) is 10.3 Å². The predicted octanol–water partition coefficient (Wildman–Crippen LogP) is 2.75. The first-order chi connectivity index (χ1) is 7.63. The van der Waals surface area contributed by atoms with Crippen LogP contribution in [0.15, 0.2) is 18.5 Å². The second-order valence-corrected chi connectivity index (χ2v) is 4.48. The number of halogens is 1. The van der Waals surface area contributed by atoms with E-state index in [1.165, 1.54) is 0 Å². The van der Waals surface area contributed by atoms with E-state index >= 15 is 0 Å². The number of aromatic nitrogens is 1. The number of pyridine rings is 1. The number of ether oxygens (including phenoxy) is 1. The molecule has 0 aromatic carbocycles. The lowest BCUT2D eigenvalue weighted by atomic mass is 10.1. The van der Waals surface area contributed by atoms with Crippen LogP contribution in [0.1, 0.15) is 20.8 Å². The topological polar surface area (TPSA) is 34.1 Å². The minimum atomic E-state index is 0.139. The lowest BCUT2D eigenvalue weighted by molar-refractivity contribution is 0.149. The van der Waals surface area contributed by atoms with Gasteiger partial charge in [0.1, 0.15) is 11.9 Å². The largest absolute Gasteiger partial charge is 0.487 e. The summed E-state index contributed by atoms with van der Waals surface area (Å²) >= 11 is 5.85. The molecule has 3 nitrogen and oxygen atoms in total. The van der Waals surface area contributed by atoms with Crippen LogP contribution in [0.5, 0.6) is 5.75 Å². The molecular weight excluding hydrogens is 224 g/mol. The molecular formula is C12H19ClN2O. The van der Waals surface area contributed by atoms with Gasteiger partial charge in [0.2, 0.25) is 0 Å². The Balaban J connectivity index is 2.60. The van der Waals surface area contributed by atoms with E-state index in [2.05, 4.69) is 31.1 Å². The van der Waals surface area contributed by atoms with Gasteiger partial charge in [-0.3, -0.25) is 4.98 Å². The fourth-order valence-corrected chi connectivity index (χ4v) is 1.50. The Morgan fingerprint density at radius 2 is 2.19 bits per heavy atom. The summed E-state index contributed by atoms with van der Waals surface area (Å²) in [4.78, 5) is 4.00. The van der Waals surface area contributed by atoms with Crippen LogP contribution in [0.25, 0.3) is 0 Å². The first kappa shape index (κ1) is 13.3. The van der Waals surface area contributed by atoms with Crippen LogP contribution in [-0.4, -0.2) is 24.2 Å². The molecule has 0 amide bonds. The zero-order chi connectivity index (χ0) is 12.0. The van der Waals surface area contributed by atoms with Crippen LogP contribution < -0.4 is 10.1 Å². The van der Waals surface area contributed by atoms with Gasteiger partial charge in [-0.2, -0.15) is 0 Å². The maximum absolute atomic E-state index is 5.85. The molecule has 16 heavy (non-hydrogen) atoms. The van der Waals surface area contributed by atoms with Crippen LogP contribution in [0.2, 0.25) is 5.02 Å². The van der Waals surface area contributed by atoms with Crippen LogP contribution in [-0.2, 0) is 0 Å². The smallest absolute Gasteiger partial charge is 0.139 e. The Hall–Kier alpha value is -0.800. The van der Waals surface area contributed by atoms with Crippen molar-refractivity contribution in [3.8, 4) is 5.75 Å². The molecule has 0 aliphatic heterocycles. The third-order valence-corrected chi connectivity index (χ3v) is 2.51. The maximum Gasteiger partial charge on any atom is 0.139 e. The van der Waals surface area contributed by atoms with Gasteiger partial charge in [0.05, 0.1) is 11.2 Å². The summed E-state index contributed by atoms with van der Waals surface area (Å²) < 4.78 is 5.85. The average Bonchev–Trinajstić information content (AvgIpc) is 2.24. The standard InChI is InChI=1S/C12H19ClN2O/c1-4-14-8-12(9(2)3)16-11-5-10(13)6-15-7-11/h5-7,9,12,14H,4,8H2,1-3H3. The van der Waals surface area contributed by atoms with Gasteiger partial charge in [0, 0.05) is 18.8 Å². The Morgan fingerprint density at radius 1 is 1.44 bits per heavy atom. The Labute approximate surface area is 102 Å². The second kappa shape index (κ2) is 6.71. The van der Waals surface area contributed by atoms with Gasteiger partial charge in [0.25, 0.3) is 0 Å². The molecule has 0 aliphatic carbocycles. The van der Waals surface area contributed by atoms with E-state index in [0.717, 1.165) is 18.8 Å². The molecule has 1 atom stereocenters. The normalized spacial score (nSPS) is 12.8. The summed E-state index contributed by atoms with van der Waals surface area (Å²) in [5, 5.41) is 3.89. The molecule has 1 heterocycles. The van der Waals surface area contributed by atoms with Crippen molar-refractivity contribution in [2.24, 2.45) is 5.92 Å². The molecule has 0 spiro atoms. The number of hydrogen-bond donors (Lipinski definition) is 1. The van der Waals surface area contributed by atoms with E-state index in [-0.39, 0.29) is 6.10 Å². The number of nitrogens with one attached hydrogen (secondary N) is 1. The summed E-state index contributed by atoms with van der Waals surface area (Å²) in [5.74, 6) is 1.17. The molecule has 0 aliphatic rings. The SMILES string of the molecule is CCNCC(Oc1cncc(Cl)c1)C(C)C. The number of rotatable bonds is 6. The highest BCUT2D eigenvalue weighted by Crippen LogP contribution is 2.18. The predicted molar refractivity (Wildman–Crippen MR) is 67.0 cm³/mol.